The van der Waals surface area contributed by atoms with Crippen LogP contribution in [0, 0.1) is 12.7 Å². The van der Waals surface area contributed by atoms with Gasteiger partial charge in [0, 0.05) is 29.9 Å². The second-order valence-electron chi connectivity index (χ2n) is 8.85. The van der Waals surface area contributed by atoms with Gasteiger partial charge in [0.25, 0.3) is 0 Å². The van der Waals surface area contributed by atoms with Gasteiger partial charge in [0.15, 0.2) is 5.82 Å². The Labute approximate surface area is 180 Å². The Bertz CT molecular complexity index is 1250. The molecule has 1 fully saturated rings. The SMILES string of the molecule is Cc1nc2c(F)cc(-c3ccn4nc(N[C@H]5CC[C@@H](N)CC5)ncc34)cc2n1C(C)C. The second kappa shape index (κ2) is 7.60. The molecule has 3 aromatic heterocycles. The lowest BCUT2D eigenvalue weighted by molar-refractivity contribution is 0.409. The number of aromatic nitrogens is 5. The van der Waals surface area contributed by atoms with E-state index in [2.05, 4.69) is 38.8 Å². The lowest BCUT2D eigenvalue weighted by Gasteiger charge is -2.26. The minimum atomic E-state index is -0.316. The number of nitrogens with one attached hydrogen (secondary N) is 1. The van der Waals surface area contributed by atoms with Gasteiger partial charge in [0.05, 0.1) is 17.2 Å². The number of imidazole rings is 1. The van der Waals surface area contributed by atoms with Gasteiger partial charge in [-0.15, -0.1) is 5.10 Å². The number of nitrogens with zero attached hydrogens (tertiary/aromatic N) is 5. The lowest BCUT2D eigenvalue weighted by Crippen LogP contribution is -2.33. The number of hydrogen-bond donors (Lipinski definition) is 2. The van der Waals surface area contributed by atoms with Crippen LogP contribution in [0.25, 0.3) is 27.7 Å². The van der Waals surface area contributed by atoms with Gasteiger partial charge in [-0.1, -0.05) is 0 Å². The fourth-order valence-electron chi connectivity index (χ4n) is 4.73. The molecular formula is C23H28FN7. The summed E-state index contributed by atoms with van der Waals surface area (Å²) in [5.41, 5.74) is 9.73. The van der Waals surface area contributed by atoms with E-state index in [-0.39, 0.29) is 11.9 Å². The van der Waals surface area contributed by atoms with Crippen LogP contribution < -0.4 is 11.1 Å². The second-order valence-corrected chi connectivity index (χ2v) is 8.85. The van der Waals surface area contributed by atoms with Gasteiger partial charge < -0.3 is 15.6 Å². The molecule has 0 bridgehead atoms. The van der Waals surface area contributed by atoms with Crippen molar-refractivity contribution in [2.75, 3.05) is 5.32 Å². The molecule has 0 amide bonds. The van der Waals surface area contributed by atoms with Gasteiger partial charge in [-0.05, 0) is 70.2 Å². The number of nitrogens with two attached hydrogens (primary N) is 1. The van der Waals surface area contributed by atoms with E-state index in [9.17, 15) is 4.39 Å². The van der Waals surface area contributed by atoms with Gasteiger partial charge in [-0.3, -0.25) is 0 Å². The average molecular weight is 422 g/mol. The molecule has 7 nitrogen and oxygen atoms in total. The van der Waals surface area contributed by atoms with Crippen molar-refractivity contribution in [2.24, 2.45) is 5.73 Å². The zero-order valence-electron chi connectivity index (χ0n) is 18.1. The number of aryl methyl sites for hydroxylation is 1. The van der Waals surface area contributed by atoms with E-state index in [1.807, 2.05) is 25.3 Å². The highest BCUT2D eigenvalue weighted by Crippen LogP contribution is 2.32. The van der Waals surface area contributed by atoms with Crippen LogP contribution in [0.4, 0.5) is 10.3 Å². The van der Waals surface area contributed by atoms with E-state index in [0.29, 0.717) is 23.5 Å². The van der Waals surface area contributed by atoms with Crippen LogP contribution in [-0.2, 0) is 0 Å². The molecule has 162 valence electrons. The molecule has 3 heterocycles. The minimum Gasteiger partial charge on any atom is -0.350 e. The van der Waals surface area contributed by atoms with Crippen molar-refractivity contribution in [3.8, 4) is 11.1 Å². The number of benzene rings is 1. The average Bonchev–Trinajstić information content (AvgIpc) is 3.30. The van der Waals surface area contributed by atoms with E-state index >= 15 is 0 Å². The van der Waals surface area contributed by atoms with Crippen LogP contribution in [-0.4, -0.2) is 36.2 Å². The summed E-state index contributed by atoms with van der Waals surface area (Å²) in [7, 11) is 0. The number of halogens is 1. The van der Waals surface area contributed by atoms with Gasteiger partial charge in [0.1, 0.15) is 11.3 Å². The zero-order valence-corrected chi connectivity index (χ0v) is 18.1. The normalized spacial score (nSPS) is 19.5. The Balaban J connectivity index is 1.50. The smallest absolute Gasteiger partial charge is 0.241 e. The van der Waals surface area contributed by atoms with Crippen LogP contribution in [0.15, 0.2) is 30.6 Å². The maximum atomic E-state index is 14.9. The van der Waals surface area contributed by atoms with Crippen LogP contribution in [0.1, 0.15) is 51.4 Å². The molecule has 0 unspecified atom stereocenters. The third-order valence-corrected chi connectivity index (χ3v) is 6.27. The first-order valence-corrected chi connectivity index (χ1v) is 11.0. The monoisotopic (exact) mass is 421 g/mol. The van der Waals surface area contributed by atoms with Gasteiger partial charge in [0.2, 0.25) is 5.95 Å². The Hall–Kier alpha value is -3.00. The molecule has 4 aromatic rings. The highest BCUT2D eigenvalue weighted by molar-refractivity contribution is 5.88. The van der Waals surface area contributed by atoms with E-state index in [1.54, 1.807) is 16.8 Å². The van der Waals surface area contributed by atoms with Crippen LogP contribution in [0.2, 0.25) is 0 Å². The van der Waals surface area contributed by atoms with Crippen molar-refractivity contribution >= 4 is 22.5 Å². The lowest BCUT2D eigenvalue weighted by atomic mass is 9.92. The first-order valence-electron chi connectivity index (χ1n) is 11.0. The maximum Gasteiger partial charge on any atom is 0.241 e. The highest BCUT2D eigenvalue weighted by atomic mass is 19.1. The van der Waals surface area contributed by atoms with Crippen LogP contribution in [0.3, 0.4) is 0 Å². The topological polar surface area (TPSA) is 86.1 Å². The largest absolute Gasteiger partial charge is 0.350 e. The third kappa shape index (κ3) is 3.54. The van der Waals surface area contributed by atoms with Crippen LogP contribution in [0.5, 0.6) is 0 Å². The van der Waals surface area contributed by atoms with Crippen molar-refractivity contribution in [2.45, 2.75) is 64.6 Å². The molecule has 5 rings (SSSR count). The Morgan fingerprint density at radius 1 is 1.16 bits per heavy atom. The number of fused-ring (bicyclic) bond motifs is 2. The summed E-state index contributed by atoms with van der Waals surface area (Å²) < 4.78 is 18.8. The predicted octanol–water partition coefficient (Wildman–Crippen LogP) is 4.46. The van der Waals surface area contributed by atoms with E-state index < -0.39 is 0 Å². The van der Waals surface area contributed by atoms with Gasteiger partial charge in [-0.25, -0.2) is 18.9 Å². The highest BCUT2D eigenvalue weighted by Gasteiger charge is 2.20. The molecule has 1 aliphatic rings. The van der Waals surface area contributed by atoms with Crippen molar-refractivity contribution in [1.29, 1.82) is 0 Å². The summed E-state index contributed by atoms with van der Waals surface area (Å²) in [5, 5.41) is 8.05. The summed E-state index contributed by atoms with van der Waals surface area (Å²) in [6.07, 6.45) is 7.79. The number of rotatable bonds is 4. The number of anilines is 1. The standard InChI is InChI=1S/C23H28FN7/c1-13(2)31-14(3)27-22-19(24)10-15(11-20(22)31)18-8-9-30-21(18)12-26-23(29-30)28-17-6-4-16(25)5-7-17/h8-13,16-17H,4-7,25H2,1-3H3,(H,28,29)/t16-,17+. The number of hydrogen-bond acceptors (Lipinski definition) is 5. The molecule has 0 radical (unpaired) electrons. The summed E-state index contributed by atoms with van der Waals surface area (Å²) >= 11 is 0. The third-order valence-electron chi connectivity index (χ3n) is 6.27. The molecule has 0 atom stereocenters. The fourth-order valence-corrected chi connectivity index (χ4v) is 4.73. The van der Waals surface area contributed by atoms with Crippen molar-refractivity contribution in [1.82, 2.24) is 24.1 Å². The molecule has 0 spiro atoms. The van der Waals surface area contributed by atoms with Crippen molar-refractivity contribution in [3.05, 3.63) is 42.2 Å². The molecule has 1 aliphatic carbocycles. The van der Waals surface area contributed by atoms with E-state index in [4.69, 9.17) is 5.73 Å². The zero-order chi connectivity index (χ0) is 21.7. The van der Waals surface area contributed by atoms with E-state index in [0.717, 1.165) is 53.7 Å². The van der Waals surface area contributed by atoms with E-state index in [1.165, 1.54) is 0 Å². The molecule has 8 heteroatoms. The summed E-state index contributed by atoms with van der Waals surface area (Å²) in [6, 6.07) is 6.36. The van der Waals surface area contributed by atoms with Crippen molar-refractivity contribution in [3.63, 3.8) is 0 Å². The molecular weight excluding hydrogens is 393 g/mol. The summed E-state index contributed by atoms with van der Waals surface area (Å²) in [4.78, 5) is 8.96. The quantitative estimate of drug-likeness (QED) is 0.508. The molecule has 0 saturated heterocycles. The Kier molecular flexibility index (Phi) is 4.89. The molecule has 31 heavy (non-hydrogen) atoms. The molecule has 1 aromatic carbocycles. The Morgan fingerprint density at radius 2 is 1.94 bits per heavy atom. The summed E-state index contributed by atoms with van der Waals surface area (Å²) in [5.74, 6) is 1.10. The van der Waals surface area contributed by atoms with Gasteiger partial charge in [-0.2, -0.15) is 0 Å². The fraction of sp³-hybridized carbons (Fsp3) is 0.435. The first-order chi connectivity index (χ1) is 14.9. The minimum absolute atomic E-state index is 0.191. The Morgan fingerprint density at radius 3 is 2.68 bits per heavy atom. The summed E-state index contributed by atoms with van der Waals surface area (Å²) in [6.45, 7) is 6.07. The predicted molar refractivity (Wildman–Crippen MR) is 121 cm³/mol. The van der Waals surface area contributed by atoms with Crippen LogP contribution >= 0.6 is 0 Å². The molecule has 3 N–H and O–H groups in total. The van der Waals surface area contributed by atoms with Gasteiger partial charge >= 0.3 is 0 Å². The molecule has 1 saturated carbocycles. The molecule has 0 aliphatic heterocycles. The maximum absolute atomic E-state index is 14.9. The van der Waals surface area contributed by atoms with Crippen molar-refractivity contribution < 1.29 is 4.39 Å². The first kappa shape index (κ1) is 19.9.